The molecule has 1 aliphatic carbocycles. The molecule has 0 heterocycles. The minimum Gasteiger partial charge on any atom is -0.496 e. The van der Waals surface area contributed by atoms with Crippen molar-refractivity contribution in [3.63, 3.8) is 0 Å². The van der Waals surface area contributed by atoms with E-state index < -0.39 is 5.41 Å². The molecule has 1 aliphatic rings. The monoisotopic (exact) mass is 326 g/mol. The molecule has 0 aliphatic heterocycles. The fraction of sp³-hybridized carbons (Fsp3) is 0.588. The molecule has 0 bridgehead atoms. The maximum Gasteiger partial charge on any atom is 0.230 e. The van der Waals surface area contributed by atoms with Gasteiger partial charge in [-0.05, 0) is 49.9 Å². The fourth-order valence-electron chi connectivity index (χ4n) is 3.22. The smallest absolute Gasteiger partial charge is 0.230 e. The topological polar surface area (TPSA) is 64.3 Å². The average Bonchev–Trinajstić information content (AvgIpc) is 2.98. The van der Waals surface area contributed by atoms with Gasteiger partial charge in [-0.3, -0.25) is 4.79 Å². The molecule has 5 heteroatoms. The van der Waals surface area contributed by atoms with Crippen LogP contribution < -0.4 is 15.8 Å². The van der Waals surface area contributed by atoms with Gasteiger partial charge < -0.3 is 15.8 Å². The minimum atomic E-state index is -0.393. The number of benzene rings is 1. The molecule has 0 atom stereocenters. The first-order chi connectivity index (χ1) is 10.1. The molecule has 0 aromatic heterocycles. The Labute approximate surface area is 139 Å². The zero-order chi connectivity index (χ0) is 15.3. The van der Waals surface area contributed by atoms with Crippen LogP contribution in [0.2, 0.25) is 0 Å². The first-order valence-corrected chi connectivity index (χ1v) is 7.77. The quantitative estimate of drug-likeness (QED) is 0.790. The second kappa shape index (κ2) is 8.39. The van der Waals surface area contributed by atoms with Gasteiger partial charge in [-0.15, -0.1) is 12.4 Å². The highest BCUT2D eigenvalue weighted by Gasteiger charge is 2.42. The van der Waals surface area contributed by atoms with Crippen molar-refractivity contribution < 1.29 is 9.53 Å². The maximum absolute atomic E-state index is 12.7. The summed E-state index contributed by atoms with van der Waals surface area (Å²) in [4.78, 5) is 12.7. The number of aryl methyl sites for hydroxylation is 1. The van der Waals surface area contributed by atoms with E-state index in [-0.39, 0.29) is 18.3 Å². The number of carbonyl (C=O) groups excluding carboxylic acids is 1. The highest BCUT2D eigenvalue weighted by atomic mass is 35.5. The van der Waals surface area contributed by atoms with E-state index in [2.05, 4.69) is 11.4 Å². The van der Waals surface area contributed by atoms with E-state index in [4.69, 9.17) is 10.5 Å². The Hall–Kier alpha value is -1.26. The zero-order valence-corrected chi connectivity index (χ0v) is 14.3. The third-order valence-corrected chi connectivity index (χ3v) is 4.52. The number of carbonyl (C=O) groups is 1. The van der Waals surface area contributed by atoms with Crippen LogP contribution in [-0.2, 0) is 10.2 Å². The maximum atomic E-state index is 12.7. The largest absolute Gasteiger partial charge is 0.496 e. The first-order valence-electron chi connectivity index (χ1n) is 7.77. The summed E-state index contributed by atoms with van der Waals surface area (Å²) in [5, 5.41) is 3.06. The number of nitrogens with one attached hydrogen (secondary N) is 1. The van der Waals surface area contributed by atoms with Gasteiger partial charge in [0.1, 0.15) is 5.75 Å². The molecule has 3 N–H and O–H groups in total. The van der Waals surface area contributed by atoms with Crippen molar-refractivity contribution in [1.82, 2.24) is 5.32 Å². The van der Waals surface area contributed by atoms with Crippen LogP contribution >= 0.6 is 12.4 Å². The normalized spacial score (nSPS) is 16.0. The molecule has 0 saturated heterocycles. The highest BCUT2D eigenvalue weighted by molar-refractivity contribution is 5.88. The standard InChI is InChI=1S/C17H26N2O2.ClH/c1-13-6-7-14(12-15(13)21-2)17(8-3-4-9-17)16(20)19-11-5-10-18;/h6-7,12H,3-5,8-11,18H2,1-2H3,(H,19,20);1H. The van der Waals surface area contributed by atoms with Gasteiger partial charge in [0.15, 0.2) is 0 Å². The lowest BCUT2D eigenvalue weighted by atomic mass is 9.77. The van der Waals surface area contributed by atoms with Gasteiger partial charge in [0.05, 0.1) is 12.5 Å². The Bertz CT molecular complexity index is 499. The Balaban J connectivity index is 0.00000242. The van der Waals surface area contributed by atoms with Crippen LogP contribution in [0.15, 0.2) is 18.2 Å². The van der Waals surface area contributed by atoms with Gasteiger partial charge in [0, 0.05) is 6.54 Å². The number of ether oxygens (including phenoxy) is 1. The highest BCUT2D eigenvalue weighted by Crippen LogP contribution is 2.42. The van der Waals surface area contributed by atoms with Crippen molar-refractivity contribution in [2.24, 2.45) is 5.73 Å². The first kappa shape index (κ1) is 18.8. The molecule has 1 amide bonds. The summed E-state index contributed by atoms with van der Waals surface area (Å²) >= 11 is 0. The SMILES string of the molecule is COc1cc(C2(C(=O)NCCCN)CCCC2)ccc1C.Cl. The van der Waals surface area contributed by atoms with Crippen LogP contribution in [0.5, 0.6) is 5.75 Å². The van der Waals surface area contributed by atoms with Crippen LogP contribution in [0, 0.1) is 6.92 Å². The predicted molar refractivity (Wildman–Crippen MR) is 91.8 cm³/mol. The summed E-state index contributed by atoms with van der Waals surface area (Å²) in [6.07, 6.45) is 4.83. The average molecular weight is 327 g/mol. The molecule has 4 nitrogen and oxygen atoms in total. The van der Waals surface area contributed by atoms with Gasteiger partial charge in [-0.25, -0.2) is 0 Å². The van der Waals surface area contributed by atoms with Crippen molar-refractivity contribution in [3.05, 3.63) is 29.3 Å². The summed E-state index contributed by atoms with van der Waals surface area (Å²) < 4.78 is 5.42. The number of hydrogen-bond acceptors (Lipinski definition) is 3. The van der Waals surface area contributed by atoms with Gasteiger partial charge >= 0.3 is 0 Å². The van der Waals surface area contributed by atoms with Crippen molar-refractivity contribution in [2.75, 3.05) is 20.2 Å². The van der Waals surface area contributed by atoms with Crippen LogP contribution in [0.1, 0.15) is 43.2 Å². The molecule has 1 aromatic rings. The molecular weight excluding hydrogens is 300 g/mol. The second-order valence-corrected chi connectivity index (χ2v) is 5.87. The number of rotatable bonds is 6. The van der Waals surface area contributed by atoms with E-state index >= 15 is 0 Å². The third-order valence-electron chi connectivity index (χ3n) is 4.52. The van der Waals surface area contributed by atoms with E-state index in [1.165, 1.54) is 0 Å². The van der Waals surface area contributed by atoms with E-state index in [0.29, 0.717) is 13.1 Å². The van der Waals surface area contributed by atoms with Gasteiger partial charge in [-0.2, -0.15) is 0 Å². The molecule has 22 heavy (non-hydrogen) atoms. The second-order valence-electron chi connectivity index (χ2n) is 5.87. The number of hydrogen-bond donors (Lipinski definition) is 2. The van der Waals surface area contributed by atoms with E-state index in [1.807, 2.05) is 19.1 Å². The fourth-order valence-corrected chi connectivity index (χ4v) is 3.22. The Kier molecular flexibility index (Phi) is 7.17. The lowest BCUT2D eigenvalue weighted by Gasteiger charge is -2.29. The van der Waals surface area contributed by atoms with Crippen LogP contribution in [-0.4, -0.2) is 26.1 Å². The Morgan fingerprint density at radius 2 is 2.05 bits per heavy atom. The van der Waals surface area contributed by atoms with Crippen LogP contribution in [0.25, 0.3) is 0 Å². The molecule has 0 spiro atoms. The van der Waals surface area contributed by atoms with E-state index in [9.17, 15) is 4.79 Å². The molecule has 0 radical (unpaired) electrons. The van der Waals surface area contributed by atoms with Gasteiger partial charge in [0.25, 0.3) is 0 Å². The number of amides is 1. The van der Waals surface area contributed by atoms with Gasteiger partial charge in [-0.1, -0.05) is 25.0 Å². The summed E-state index contributed by atoms with van der Waals surface area (Å²) in [5.74, 6) is 0.993. The lowest BCUT2D eigenvalue weighted by Crippen LogP contribution is -2.43. The summed E-state index contributed by atoms with van der Waals surface area (Å²) in [6, 6.07) is 6.15. The summed E-state index contributed by atoms with van der Waals surface area (Å²) in [6.45, 7) is 3.27. The summed E-state index contributed by atoms with van der Waals surface area (Å²) in [7, 11) is 1.68. The number of nitrogens with two attached hydrogens (primary N) is 1. The van der Waals surface area contributed by atoms with E-state index in [0.717, 1.165) is 49.0 Å². The van der Waals surface area contributed by atoms with Crippen LogP contribution in [0.3, 0.4) is 0 Å². The van der Waals surface area contributed by atoms with E-state index in [1.54, 1.807) is 7.11 Å². The van der Waals surface area contributed by atoms with Crippen molar-refractivity contribution >= 4 is 18.3 Å². The number of methoxy groups -OCH3 is 1. The predicted octanol–water partition coefficient (Wildman–Crippen LogP) is 2.70. The molecule has 124 valence electrons. The summed E-state index contributed by atoms with van der Waals surface area (Å²) in [5.41, 5.74) is 7.28. The minimum absolute atomic E-state index is 0. The molecule has 1 aromatic carbocycles. The van der Waals surface area contributed by atoms with Gasteiger partial charge in [0.2, 0.25) is 5.91 Å². The Morgan fingerprint density at radius 1 is 1.36 bits per heavy atom. The third kappa shape index (κ3) is 3.73. The number of halogens is 1. The van der Waals surface area contributed by atoms with Crippen molar-refractivity contribution in [3.8, 4) is 5.75 Å². The van der Waals surface area contributed by atoms with Crippen molar-refractivity contribution in [1.29, 1.82) is 0 Å². The Morgan fingerprint density at radius 3 is 2.64 bits per heavy atom. The zero-order valence-electron chi connectivity index (χ0n) is 13.5. The van der Waals surface area contributed by atoms with Crippen molar-refractivity contribution in [2.45, 2.75) is 44.4 Å². The lowest BCUT2D eigenvalue weighted by molar-refractivity contribution is -0.126. The molecule has 1 fully saturated rings. The molecule has 2 rings (SSSR count). The molecule has 0 unspecified atom stereocenters. The van der Waals surface area contributed by atoms with Crippen LogP contribution in [0.4, 0.5) is 0 Å². The molecule has 1 saturated carbocycles. The molecular formula is C17H27ClN2O2.